The Morgan fingerprint density at radius 1 is 1.21 bits per heavy atom. The number of imidazole rings is 1. The van der Waals surface area contributed by atoms with Gasteiger partial charge in [-0.3, -0.25) is 4.39 Å². The molecule has 1 saturated carbocycles. The molecule has 3 aromatic rings. The number of rotatable bonds is 5. The topological polar surface area (TPSA) is 55.1 Å². The molecule has 4 nitrogen and oxygen atoms in total. The Hall–Kier alpha value is -2.42. The molecule has 1 aromatic heterocycles. The minimum atomic E-state index is -1.50. The van der Waals surface area contributed by atoms with Crippen molar-refractivity contribution in [1.82, 2.24) is 9.55 Å². The second-order valence-electron chi connectivity index (χ2n) is 7.41. The van der Waals surface area contributed by atoms with Gasteiger partial charge in [-0.25, -0.2) is 22.9 Å². The second-order valence-corrected chi connectivity index (χ2v) is 8.26. The van der Waals surface area contributed by atoms with Crippen molar-refractivity contribution >= 4 is 32.9 Å². The lowest BCUT2D eigenvalue weighted by Gasteiger charge is -2.17. The number of nitrogens with zero attached hydrogens (tertiary/aromatic N) is 2. The Morgan fingerprint density at radius 3 is 2.48 bits per heavy atom. The van der Waals surface area contributed by atoms with Gasteiger partial charge in [-0.05, 0) is 53.9 Å². The summed E-state index contributed by atoms with van der Waals surface area (Å²) in [5.41, 5.74) is -1.83. The van der Waals surface area contributed by atoms with E-state index in [-0.39, 0.29) is 33.2 Å². The third-order valence-corrected chi connectivity index (χ3v) is 6.01. The Bertz CT molecular complexity index is 1170. The highest BCUT2D eigenvalue weighted by Gasteiger charge is 2.44. The highest BCUT2D eigenvalue weighted by molar-refractivity contribution is 9.10. The number of carboxylic acid groups (broad SMARTS) is 1. The number of alkyl halides is 1. The summed E-state index contributed by atoms with van der Waals surface area (Å²) in [5, 5.41) is 9.63. The van der Waals surface area contributed by atoms with Crippen molar-refractivity contribution in [2.24, 2.45) is 5.41 Å². The van der Waals surface area contributed by atoms with Gasteiger partial charge < -0.3 is 9.67 Å². The molecule has 0 radical (unpaired) electrons. The summed E-state index contributed by atoms with van der Waals surface area (Å²) in [5.74, 6) is -3.75. The molecule has 1 N–H and O–H groups in total. The molecular formula is C20H15BrF4N2O2. The molecule has 0 aliphatic heterocycles. The van der Waals surface area contributed by atoms with Crippen LogP contribution >= 0.6 is 15.9 Å². The van der Waals surface area contributed by atoms with Crippen molar-refractivity contribution in [2.75, 3.05) is 6.67 Å². The van der Waals surface area contributed by atoms with Crippen LogP contribution in [0.5, 0.6) is 0 Å². The van der Waals surface area contributed by atoms with E-state index in [1.165, 1.54) is 4.57 Å². The van der Waals surface area contributed by atoms with Crippen LogP contribution in [0.3, 0.4) is 0 Å². The molecule has 4 rings (SSSR count). The summed E-state index contributed by atoms with van der Waals surface area (Å²) in [6.07, 6.45) is 1.25. The van der Waals surface area contributed by atoms with E-state index in [0.29, 0.717) is 18.7 Å². The Morgan fingerprint density at radius 2 is 1.90 bits per heavy atom. The number of aryl methyl sites for hydroxylation is 1. The number of aromatic nitrogens is 2. The van der Waals surface area contributed by atoms with Gasteiger partial charge in [0.25, 0.3) is 0 Å². The molecule has 0 spiro atoms. The highest BCUT2D eigenvalue weighted by atomic mass is 79.9. The smallest absolute Gasteiger partial charge is 0.336 e. The zero-order valence-electron chi connectivity index (χ0n) is 15.2. The average Bonchev–Trinajstić information content (AvgIpc) is 3.37. The molecule has 1 fully saturated rings. The number of carbonyl (C=O) groups is 1. The number of benzene rings is 2. The summed E-state index contributed by atoms with van der Waals surface area (Å²) in [4.78, 5) is 16.0. The molecule has 0 unspecified atom stereocenters. The van der Waals surface area contributed by atoms with Gasteiger partial charge in [-0.15, -0.1) is 0 Å². The monoisotopic (exact) mass is 470 g/mol. The zero-order valence-corrected chi connectivity index (χ0v) is 16.8. The van der Waals surface area contributed by atoms with Crippen molar-refractivity contribution in [3.8, 4) is 11.1 Å². The molecule has 1 aliphatic carbocycles. The number of hydrogen-bond acceptors (Lipinski definition) is 2. The van der Waals surface area contributed by atoms with Gasteiger partial charge in [0.15, 0.2) is 5.82 Å². The maximum atomic E-state index is 14.8. The molecular weight excluding hydrogens is 456 g/mol. The summed E-state index contributed by atoms with van der Waals surface area (Å²) in [7, 11) is 0. The first kappa shape index (κ1) is 19.9. The highest BCUT2D eigenvalue weighted by Crippen LogP contribution is 2.49. The van der Waals surface area contributed by atoms with Crippen LogP contribution in [0.1, 0.15) is 29.0 Å². The van der Waals surface area contributed by atoms with Crippen LogP contribution in [0, 0.1) is 29.8 Å². The summed E-state index contributed by atoms with van der Waals surface area (Å²) in [6.45, 7) is 1.13. The fraction of sp³-hybridized carbons (Fsp3) is 0.300. The zero-order chi connectivity index (χ0) is 21.1. The number of hydrogen-bond donors (Lipinski definition) is 1. The minimum absolute atomic E-state index is 0.0141. The van der Waals surface area contributed by atoms with E-state index >= 15 is 0 Å². The van der Waals surface area contributed by atoms with Crippen LogP contribution in [0.15, 0.2) is 22.7 Å². The van der Waals surface area contributed by atoms with Crippen LogP contribution in [0.2, 0.25) is 0 Å². The van der Waals surface area contributed by atoms with Crippen LogP contribution in [-0.2, 0) is 6.54 Å². The van der Waals surface area contributed by atoms with Crippen LogP contribution < -0.4 is 0 Å². The van der Waals surface area contributed by atoms with Crippen molar-refractivity contribution in [3.63, 3.8) is 0 Å². The molecule has 2 aromatic carbocycles. The summed E-state index contributed by atoms with van der Waals surface area (Å²) in [6, 6.07) is 2.48. The standard InChI is InChI=1S/C20H15BrF4N2O2/c1-9-26-17-15(25)5-11(19(28)29)16(10-4-14(24)12(21)6-13(10)23)18(17)27(9)8-20(7-22)2-3-20/h4-6H,2-3,7-8H2,1H3,(H,28,29). The minimum Gasteiger partial charge on any atom is -0.478 e. The predicted octanol–water partition coefficient (Wildman–Crippen LogP) is 5.64. The number of fused-ring (bicyclic) bond motifs is 1. The van der Waals surface area contributed by atoms with E-state index in [1.807, 2.05) is 0 Å². The van der Waals surface area contributed by atoms with Crippen molar-refractivity contribution in [3.05, 3.63) is 51.5 Å². The number of carboxylic acids is 1. The molecule has 0 bridgehead atoms. The number of halogens is 5. The molecule has 9 heteroatoms. The van der Waals surface area contributed by atoms with E-state index in [9.17, 15) is 27.5 Å². The van der Waals surface area contributed by atoms with E-state index in [4.69, 9.17) is 0 Å². The van der Waals surface area contributed by atoms with Crippen LogP contribution in [-0.4, -0.2) is 27.3 Å². The molecule has 1 heterocycles. The lowest BCUT2D eigenvalue weighted by atomic mass is 9.96. The lowest BCUT2D eigenvalue weighted by Crippen LogP contribution is -2.16. The van der Waals surface area contributed by atoms with Gasteiger partial charge in [0, 0.05) is 23.1 Å². The van der Waals surface area contributed by atoms with E-state index < -0.39 is 41.1 Å². The summed E-state index contributed by atoms with van der Waals surface area (Å²) < 4.78 is 58.5. The first-order valence-corrected chi connectivity index (χ1v) is 9.60. The Balaban J connectivity index is 2.11. The van der Waals surface area contributed by atoms with Crippen LogP contribution in [0.4, 0.5) is 17.6 Å². The predicted molar refractivity (Wildman–Crippen MR) is 102 cm³/mol. The first-order valence-electron chi connectivity index (χ1n) is 8.81. The molecule has 0 amide bonds. The molecule has 0 saturated heterocycles. The van der Waals surface area contributed by atoms with Gasteiger partial charge in [0.05, 0.1) is 22.2 Å². The van der Waals surface area contributed by atoms with E-state index in [1.54, 1.807) is 6.92 Å². The second kappa shape index (κ2) is 6.83. The van der Waals surface area contributed by atoms with Crippen molar-refractivity contribution in [2.45, 2.75) is 26.3 Å². The maximum Gasteiger partial charge on any atom is 0.336 e. The SMILES string of the molecule is Cc1nc2c(F)cc(C(=O)O)c(-c3cc(F)c(Br)cc3F)c2n1CC1(CF)CC1. The molecule has 0 atom stereocenters. The van der Waals surface area contributed by atoms with E-state index in [2.05, 4.69) is 20.9 Å². The van der Waals surface area contributed by atoms with Gasteiger partial charge in [0.1, 0.15) is 23.0 Å². The van der Waals surface area contributed by atoms with Gasteiger partial charge in [-0.2, -0.15) is 0 Å². The molecule has 29 heavy (non-hydrogen) atoms. The van der Waals surface area contributed by atoms with Gasteiger partial charge in [0.2, 0.25) is 0 Å². The fourth-order valence-corrected chi connectivity index (χ4v) is 3.89. The van der Waals surface area contributed by atoms with Crippen molar-refractivity contribution < 1.29 is 27.5 Å². The van der Waals surface area contributed by atoms with Crippen molar-refractivity contribution in [1.29, 1.82) is 0 Å². The third-order valence-electron chi connectivity index (χ3n) is 5.41. The fourth-order valence-electron chi connectivity index (χ4n) is 3.57. The largest absolute Gasteiger partial charge is 0.478 e. The summed E-state index contributed by atoms with van der Waals surface area (Å²) >= 11 is 2.89. The van der Waals surface area contributed by atoms with Crippen LogP contribution in [0.25, 0.3) is 22.2 Å². The van der Waals surface area contributed by atoms with Gasteiger partial charge >= 0.3 is 5.97 Å². The quantitative estimate of drug-likeness (QED) is 0.387. The molecule has 1 aliphatic rings. The maximum absolute atomic E-state index is 14.8. The third kappa shape index (κ3) is 3.21. The lowest BCUT2D eigenvalue weighted by molar-refractivity contribution is 0.0697. The van der Waals surface area contributed by atoms with E-state index in [0.717, 1.165) is 18.2 Å². The molecule has 152 valence electrons. The Kier molecular flexibility index (Phi) is 4.68. The normalized spacial score (nSPS) is 15.1. The first-order chi connectivity index (χ1) is 13.7. The average molecular weight is 471 g/mol. The van der Waals surface area contributed by atoms with Gasteiger partial charge in [-0.1, -0.05) is 0 Å². The Labute approximate surface area is 171 Å². The number of aromatic carboxylic acids is 1.